The molecule has 8 heteroatoms. The van der Waals surface area contributed by atoms with Crippen molar-refractivity contribution in [2.45, 2.75) is 13.8 Å². The molecular formula is C32H36N2O6. The minimum absolute atomic E-state index is 0.103. The average molecular weight is 545 g/mol. The van der Waals surface area contributed by atoms with Crippen molar-refractivity contribution in [1.82, 2.24) is 0 Å². The molecule has 0 amide bonds. The van der Waals surface area contributed by atoms with E-state index in [1.165, 1.54) is 12.2 Å². The summed E-state index contributed by atoms with van der Waals surface area (Å²) in [6, 6.07) is 13.3. The van der Waals surface area contributed by atoms with Crippen molar-refractivity contribution in [3.63, 3.8) is 0 Å². The number of carbonyl (C=O) groups excluding carboxylic acids is 2. The predicted octanol–water partition coefficient (Wildman–Crippen LogP) is 5.82. The maximum Gasteiger partial charge on any atom is 0.189 e. The van der Waals surface area contributed by atoms with Crippen LogP contribution in [0.2, 0.25) is 0 Å². The summed E-state index contributed by atoms with van der Waals surface area (Å²) in [6.07, 6.45) is 5.96. The van der Waals surface area contributed by atoms with Crippen LogP contribution >= 0.6 is 0 Å². The van der Waals surface area contributed by atoms with E-state index in [0.29, 0.717) is 35.8 Å². The quantitative estimate of drug-likeness (QED) is 0.217. The van der Waals surface area contributed by atoms with Gasteiger partial charge in [0.1, 0.15) is 23.0 Å². The first-order chi connectivity index (χ1) is 19.0. The van der Waals surface area contributed by atoms with Gasteiger partial charge in [-0.25, -0.2) is 0 Å². The van der Waals surface area contributed by atoms with Gasteiger partial charge < -0.3 is 29.5 Å². The Labute approximate surface area is 235 Å². The number of nitrogens with zero attached hydrogens (tertiary/aromatic N) is 2. The molecule has 0 aliphatic heterocycles. The summed E-state index contributed by atoms with van der Waals surface area (Å²) in [7, 11) is 7.40. The summed E-state index contributed by atoms with van der Waals surface area (Å²) in [4.78, 5) is 29.4. The normalized spacial score (nSPS) is 11.2. The Kier molecular flexibility index (Phi) is 9.97. The zero-order valence-electron chi connectivity index (χ0n) is 23.8. The molecule has 3 aromatic carbocycles. The number of hydrogen-bond acceptors (Lipinski definition) is 8. The maximum absolute atomic E-state index is 12.9. The van der Waals surface area contributed by atoms with Crippen molar-refractivity contribution >= 4 is 35.1 Å². The van der Waals surface area contributed by atoms with Gasteiger partial charge in [-0.2, -0.15) is 0 Å². The van der Waals surface area contributed by atoms with Gasteiger partial charge in [-0.15, -0.1) is 0 Å². The van der Waals surface area contributed by atoms with Gasteiger partial charge in [0, 0.05) is 62.8 Å². The van der Waals surface area contributed by atoms with Crippen LogP contribution in [0.25, 0.3) is 12.2 Å². The zero-order valence-corrected chi connectivity index (χ0v) is 23.8. The molecule has 0 unspecified atom stereocenters. The molecule has 0 bridgehead atoms. The predicted molar refractivity (Wildman–Crippen MR) is 160 cm³/mol. The van der Waals surface area contributed by atoms with E-state index >= 15 is 0 Å². The van der Waals surface area contributed by atoms with Crippen molar-refractivity contribution in [2.75, 3.05) is 51.2 Å². The van der Waals surface area contributed by atoms with E-state index < -0.39 is 0 Å². The summed E-state index contributed by atoms with van der Waals surface area (Å²) in [5, 5.41) is 20.7. The molecule has 2 N–H and O–H groups in total. The van der Waals surface area contributed by atoms with Gasteiger partial charge in [0.2, 0.25) is 0 Å². The summed E-state index contributed by atoms with van der Waals surface area (Å²) in [5.41, 5.74) is 3.13. The number of benzene rings is 3. The number of hydrogen-bond donors (Lipinski definition) is 2. The number of ether oxygens (including phenoxy) is 2. The molecule has 0 aliphatic carbocycles. The highest BCUT2D eigenvalue weighted by Gasteiger charge is 2.14. The van der Waals surface area contributed by atoms with Crippen molar-refractivity contribution < 1.29 is 29.3 Å². The smallest absolute Gasteiger partial charge is 0.189 e. The van der Waals surface area contributed by atoms with E-state index in [-0.39, 0.29) is 34.2 Å². The van der Waals surface area contributed by atoms with Gasteiger partial charge in [0.25, 0.3) is 0 Å². The van der Waals surface area contributed by atoms with E-state index in [4.69, 9.17) is 9.47 Å². The van der Waals surface area contributed by atoms with Crippen molar-refractivity contribution in [2.24, 2.45) is 0 Å². The number of aromatic hydroxyl groups is 2. The van der Waals surface area contributed by atoms with E-state index in [2.05, 4.69) is 0 Å². The molecule has 0 spiro atoms. The van der Waals surface area contributed by atoms with Crippen molar-refractivity contribution in [3.8, 4) is 23.0 Å². The monoisotopic (exact) mass is 544 g/mol. The number of phenols is 2. The number of phenolic OH excluding ortho intramolecular Hbond substituents is 2. The minimum atomic E-state index is -0.363. The van der Waals surface area contributed by atoms with Crippen LogP contribution in [0, 0.1) is 0 Å². The van der Waals surface area contributed by atoms with Crippen LogP contribution < -0.4 is 19.3 Å². The number of carbonyl (C=O) groups is 2. The van der Waals surface area contributed by atoms with Crippen LogP contribution in [-0.2, 0) is 0 Å². The molecule has 0 aromatic heterocycles. The molecule has 40 heavy (non-hydrogen) atoms. The highest BCUT2D eigenvalue weighted by molar-refractivity contribution is 6.10. The molecule has 0 atom stereocenters. The largest absolute Gasteiger partial charge is 0.507 e. The Morgan fingerprint density at radius 3 is 1.35 bits per heavy atom. The first kappa shape index (κ1) is 29.8. The fraction of sp³-hybridized carbons (Fsp3) is 0.250. The van der Waals surface area contributed by atoms with Gasteiger partial charge in [-0.05, 0) is 74.5 Å². The van der Waals surface area contributed by atoms with E-state index in [0.717, 1.165) is 11.4 Å². The van der Waals surface area contributed by atoms with Crippen LogP contribution in [0.5, 0.6) is 23.0 Å². The highest BCUT2D eigenvalue weighted by Crippen LogP contribution is 2.33. The van der Waals surface area contributed by atoms with Gasteiger partial charge in [-0.3, -0.25) is 9.59 Å². The van der Waals surface area contributed by atoms with Crippen LogP contribution in [-0.4, -0.2) is 63.2 Å². The fourth-order valence-electron chi connectivity index (χ4n) is 3.94. The molecule has 3 rings (SSSR count). The van der Waals surface area contributed by atoms with Crippen LogP contribution in [0.3, 0.4) is 0 Å². The second-order valence-corrected chi connectivity index (χ2v) is 9.38. The van der Waals surface area contributed by atoms with Crippen molar-refractivity contribution in [1.29, 1.82) is 0 Å². The lowest BCUT2D eigenvalue weighted by molar-refractivity contribution is 0.103. The molecule has 0 saturated heterocycles. The fourth-order valence-corrected chi connectivity index (χ4v) is 3.94. The first-order valence-electron chi connectivity index (χ1n) is 12.9. The molecule has 0 heterocycles. The Morgan fingerprint density at radius 1 is 0.675 bits per heavy atom. The third-order valence-corrected chi connectivity index (χ3v) is 6.10. The maximum atomic E-state index is 12.9. The Balaban J connectivity index is 1.93. The molecule has 0 fully saturated rings. The van der Waals surface area contributed by atoms with Crippen LogP contribution in [0.15, 0.2) is 60.7 Å². The topological polar surface area (TPSA) is 99.5 Å². The molecule has 210 valence electrons. The third kappa shape index (κ3) is 7.22. The van der Waals surface area contributed by atoms with Crippen LogP contribution in [0.1, 0.15) is 45.7 Å². The molecule has 0 radical (unpaired) electrons. The molecule has 3 aromatic rings. The van der Waals surface area contributed by atoms with Gasteiger partial charge >= 0.3 is 0 Å². The number of ketones is 2. The number of allylic oxidation sites excluding steroid dienone is 2. The minimum Gasteiger partial charge on any atom is -0.507 e. The van der Waals surface area contributed by atoms with Gasteiger partial charge in [-0.1, -0.05) is 0 Å². The average Bonchev–Trinajstić information content (AvgIpc) is 2.91. The lowest BCUT2D eigenvalue weighted by atomic mass is 10.0. The molecule has 0 aliphatic rings. The molecule has 8 nitrogen and oxygen atoms in total. The zero-order chi connectivity index (χ0) is 29.4. The summed E-state index contributed by atoms with van der Waals surface area (Å²) < 4.78 is 11.6. The number of rotatable bonds is 12. The first-order valence-corrected chi connectivity index (χ1v) is 12.9. The summed E-state index contributed by atoms with van der Waals surface area (Å²) in [6.45, 7) is 4.45. The lowest BCUT2D eigenvalue weighted by Crippen LogP contribution is -2.08. The summed E-state index contributed by atoms with van der Waals surface area (Å²) in [5.74, 6) is 0.0533. The Bertz CT molecular complexity index is 1330. The van der Waals surface area contributed by atoms with Crippen LogP contribution in [0.4, 0.5) is 11.4 Å². The summed E-state index contributed by atoms with van der Waals surface area (Å²) >= 11 is 0. The highest BCUT2D eigenvalue weighted by atomic mass is 16.5. The second kappa shape index (κ2) is 13.4. The van der Waals surface area contributed by atoms with Gasteiger partial charge in [0.15, 0.2) is 11.6 Å². The van der Waals surface area contributed by atoms with E-state index in [9.17, 15) is 19.8 Å². The molecule has 0 saturated carbocycles. The number of anilines is 2. The standard InChI is InChI=1S/C32H36N2O6/c1-7-39-31-17-22(10-16-28(36)26-14-12-24(34(5)6)20-30(26)38)32(40-8-2)18-21(31)9-15-27(35)25-13-11-23(33(3)4)19-29(25)37/h9-20,37-38H,7-8H2,1-6H3. The molecular weight excluding hydrogens is 508 g/mol. The Morgan fingerprint density at radius 2 is 1.05 bits per heavy atom. The van der Waals surface area contributed by atoms with E-state index in [1.807, 2.05) is 51.8 Å². The van der Waals surface area contributed by atoms with Crippen molar-refractivity contribution in [3.05, 3.63) is 82.9 Å². The third-order valence-electron chi connectivity index (χ3n) is 6.10. The SMILES string of the molecule is CCOc1cc(C=CC(=O)c2ccc(N(C)C)cc2O)c(OCC)cc1C=CC(=O)c1ccc(N(C)C)cc1O. The van der Waals surface area contributed by atoms with E-state index in [1.54, 1.807) is 60.7 Å². The lowest BCUT2D eigenvalue weighted by Gasteiger charge is -2.14. The Hall–Kier alpha value is -4.72. The van der Waals surface area contributed by atoms with Gasteiger partial charge in [0.05, 0.1) is 24.3 Å². The second-order valence-electron chi connectivity index (χ2n) is 9.38.